The minimum absolute atomic E-state index is 0.251. The summed E-state index contributed by atoms with van der Waals surface area (Å²) in [7, 11) is 0. The van der Waals surface area contributed by atoms with Crippen LogP contribution < -0.4 is 4.74 Å². The molecule has 0 aliphatic carbocycles. The SMILES string of the molecule is CC(=O)Oc1cc2n(c1)CCC2. The molecule has 3 heteroatoms. The van der Waals surface area contributed by atoms with Crippen LogP contribution in [0.2, 0.25) is 0 Å². The summed E-state index contributed by atoms with van der Waals surface area (Å²) in [6.45, 7) is 2.47. The summed E-state index contributed by atoms with van der Waals surface area (Å²) in [6, 6.07) is 1.94. The number of hydrogen-bond acceptors (Lipinski definition) is 2. The zero-order valence-electron chi connectivity index (χ0n) is 7.04. The van der Waals surface area contributed by atoms with Gasteiger partial charge in [0.1, 0.15) is 5.75 Å². The van der Waals surface area contributed by atoms with Gasteiger partial charge in [0, 0.05) is 31.4 Å². The average Bonchev–Trinajstić information content (AvgIpc) is 2.43. The molecule has 0 aromatic carbocycles. The number of aryl methyl sites for hydroxylation is 2. The summed E-state index contributed by atoms with van der Waals surface area (Å²) in [5.41, 5.74) is 1.27. The number of ether oxygens (including phenoxy) is 1. The van der Waals surface area contributed by atoms with E-state index in [2.05, 4.69) is 4.57 Å². The van der Waals surface area contributed by atoms with E-state index in [1.165, 1.54) is 19.0 Å². The third-order valence-corrected chi connectivity index (χ3v) is 2.05. The van der Waals surface area contributed by atoms with E-state index in [0.29, 0.717) is 5.75 Å². The first-order valence-corrected chi connectivity index (χ1v) is 4.13. The highest BCUT2D eigenvalue weighted by atomic mass is 16.5. The van der Waals surface area contributed by atoms with E-state index < -0.39 is 0 Å². The van der Waals surface area contributed by atoms with E-state index in [-0.39, 0.29) is 5.97 Å². The molecule has 1 aromatic heterocycles. The van der Waals surface area contributed by atoms with Gasteiger partial charge in [-0.3, -0.25) is 4.79 Å². The van der Waals surface area contributed by atoms with Crippen LogP contribution in [-0.4, -0.2) is 10.5 Å². The van der Waals surface area contributed by atoms with Crippen LogP contribution in [-0.2, 0) is 17.8 Å². The molecule has 0 radical (unpaired) electrons. The summed E-state index contributed by atoms with van der Waals surface area (Å²) in [4.78, 5) is 10.6. The van der Waals surface area contributed by atoms with Crippen LogP contribution in [0.25, 0.3) is 0 Å². The predicted octanol–water partition coefficient (Wildman–Crippen LogP) is 1.36. The molecule has 0 atom stereocenters. The summed E-state index contributed by atoms with van der Waals surface area (Å²) >= 11 is 0. The molecule has 0 saturated heterocycles. The highest BCUT2D eigenvalue weighted by Gasteiger charge is 2.12. The van der Waals surface area contributed by atoms with Crippen LogP contribution in [0.3, 0.4) is 0 Å². The first kappa shape index (κ1) is 7.40. The van der Waals surface area contributed by atoms with Gasteiger partial charge in [0.05, 0.1) is 0 Å². The zero-order valence-corrected chi connectivity index (χ0v) is 7.04. The van der Waals surface area contributed by atoms with E-state index in [1.54, 1.807) is 0 Å². The second kappa shape index (κ2) is 2.66. The van der Waals surface area contributed by atoms with Crippen molar-refractivity contribution in [3.8, 4) is 5.75 Å². The van der Waals surface area contributed by atoms with Crippen molar-refractivity contribution in [1.29, 1.82) is 0 Å². The first-order chi connectivity index (χ1) is 5.75. The lowest BCUT2D eigenvalue weighted by Gasteiger charge is -1.95. The third-order valence-electron chi connectivity index (χ3n) is 2.05. The van der Waals surface area contributed by atoms with E-state index in [4.69, 9.17) is 4.74 Å². The smallest absolute Gasteiger partial charge is 0.308 e. The maximum absolute atomic E-state index is 10.6. The van der Waals surface area contributed by atoms with Crippen molar-refractivity contribution < 1.29 is 9.53 Å². The maximum atomic E-state index is 10.6. The van der Waals surface area contributed by atoms with Crippen LogP contribution in [0, 0.1) is 0 Å². The van der Waals surface area contributed by atoms with Crippen molar-refractivity contribution in [3.63, 3.8) is 0 Å². The lowest BCUT2D eigenvalue weighted by molar-refractivity contribution is -0.131. The Morgan fingerprint density at radius 2 is 2.50 bits per heavy atom. The Bertz CT molecular complexity index is 293. The average molecular weight is 165 g/mol. The maximum Gasteiger partial charge on any atom is 0.308 e. The Kier molecular flexibility index (Phi) is 1.64. The van der Waals surface area contributed by atoms with Gasteiger partial charge in [-0.25, -0.2) is 0 Å². The topological polar surface area (TPSA) is 31.2 Å². The van der Waals surface area contributed by atoms with Crippen molar-refractivity contribution in [2.45, 2.75) is 26.3 Å². The summed E-state index contributed by atoms with van der Waals surface area (Å²) in [5, 5.41) is 0. The Labute approximate surface area is 70.9 Å². The molecule has 12 heavy (non-hydrogen) atoms. The summed E-state index contributed by atoms with van der Waals surface area (Å²) < 4.78 is 7.09. The van der Waals surface area contributed by atoms with E-state index >= 15 is 0 Å². The summed E-state index contributed by atoms with van der Waals surface area (Å²) in [6.07, 6.45) is 4.20. The van der Waals surface area contributed by atoms with Crippen molar-refractivity contribution in [2.24, 2.45) is 0 Å². The minimum Gasteiger partial charge on any atom is -0.425 e. The zero-order chi connectivity index (χ0) is 8.55. The van der Waals surface area contributed by atoms with Crippen LogP contribution in [0.4, 0.5) is 0 Å². The number of esters is 1. The molecule has 1 aromatic rings. The molecular formula is C9H11NO2. The van der Waals surface area contributed by atoms with Gasteiger partial charge < -0.3 is 9.30 Å². The van der Waals surface area contributed by atoms with Crippen molar-refractivity contribution in [2.75, 3.05) is 0 Å². The molecule has 2 rings (SSSR count). The number of nitrogens with zero attached hydrogens (tertiary/aromatic N) is 1. The Balaban J connectivity index is 2.20. The van der Waals surface area contributed by atoms with Crippen LogP contribution in [0.15, 0.2) is 12.3 Å². The van der Waals surface area contributed by atoms with E-state index in [9.17, 15) is 4.79 Å². The molecule has 1 aliphatic heterocycles. The van der Waals surface area contributed by atoms with Crippen LogP contribution >= 0.6 is 0 Å². The van der Waals surface area contributed by atoms with Gasteiger partial charge in [0.2, 0.25) is 0 Å². The molecule has 0 saturated carbocycles. The molecule has 0 spiro atoms. The van der Waals surface area contributed by atoms with Gasteiger partial charge in [0.15, 0.2) is 0 Å². The monoisotopic (exact) mass is 165 g/mol. The van der Waals surface area contributed by atoms with Crippen molar-refractivity contribution >= 4 is 5.97 Å². The molecular weight excluding hydrogens is 154 g/mol. The van der Waals surface area contributed by atoms with Gasteiger partial charge in [-0.05, 0) is 12.8 Å². The number of hydrogen-bond donors (Lipinski definition) is 0. The molecule has 2 heterocycles. The number of rotatable bonds is 1. The second-order valence-electron chi connectivity index (χ2n) is 3.06. The van der Waals surface area contributed by atoms with Crippen LogP contribution in [0.1, 0.15) is 19.0 Å². The Morgan fingerprint density at radius 1 is 1.67 bits per heavy atom. The van der Waals surface area contributed by atoms with Gasteiger partial charge in [-0.2, -0.15) is 0 Å². The fourth-order valence-electron chi connectivity index (χ4n) is 1.60. The highest BCUT2D eigenvalue weighted by molar-refractivity contribution is 5.69. The molecule has 0 bridgehead atoms. The largest absolute Gasteiger partial charge is 0.425 e. The standard InChI is InChI=1S/C9H11NO2/c1-7(11)12-9-5-8-3-2-4-10(8)6-9/h5-6H,2-4H2,1H3. The first-order valence-electron chi connectivity index (χ1n) is 4.13. The number of aromatic nitrogens is 1. The summed E-state index contributed by atoms with van der Waals surface area (Å²) in [5.74, 6) is 0.427. The van der Waals surface area contributed by atoms with Gasteiger partial charge in [-0.1, -0.05) is 0 Å². The lowest BCUT2D eigenvalue weighted by Crippen LogP contribution is -2.00. The van der Waals surface area contributed by atoms with Gasteiger partial charge in [0.25, 0.3) is 0 Å². The molecule has 64 valence electrons. The lowest BCUT2D eigenvalue weighted by atomic mass is 10.3. The fourth-order valence-corrected chi connectivity index (χ4v) is 1.60. The number of fused-ring (bicyclic) bond motifs is 1. The molecule has 0 amide bonds. The van der Waals surface area contributed by atoms with E-state index in [1.807, 2.05) is 12.3 Å². The predicted molar refractivity (Wildman–Crippen MR) is 44.1 cm³/mol. The van der Waals surface area contributed by atoms with Crippen molar-refractivity contribution in [3.05, 3.63) is 18.0 Å². The fraction of sp³-hybridized carbons (Fsp3) is 0.444. The normalized spacial score (nSPS) is 14.4. The highest BCUT2D eigenvalue weighted by Crippen LogP contribution is 2.22. The quantitative estimate of drug-likeness (QED) is 0.588. The Morgan fingerprint density at radius 3 is 3.17 bits per heavy atom. The molecule has 1 aliphatic rings. The van der Waals surface area contributed by atoms with Gasteiger partial charge >= 0.3 is 5.97 Å². The molecule has 0 unspecified atom stereocenters. The third kappa shape index (κ3) is 1.22. The van der Waals surface area contributed by atoms with Crippen molar-refractivity contribution in [1.82, 2.24) is 4.57 Å². The minimum atomic E-state index is -0.251. The molecule has 0 N–H and O–H groups in total. The van der Waals surface area contributed by atoms with Crippen LogP contribution in [0.5, 0.6) is 5.75 Å². The number of carbonyl (C=O) groups is 1. The van der Waals surface area contributed by atoms with Gasteiger partial charge in [-0.15, -0.1) is 0 Å². The number of carbonyl (C=O) groups excluding carboxylic acids is 1. The van der Waals surface area contributed by atoms with E-state index in [0.717, 1.165) is 13.0 Å². The second-order valence-corrected chi connectivity index (χ2v) is 3.06. The molecule has 3 nitrogen and oxygen atoms in total. The Hall–Kier alpha value is -1.25. The molecule has 0 fully saturated rings.